The molecule has 0 aliphatic heterocycles. The summed E-state index contributed by atoms with van der Waals surface area (Å²) < 4.78 is 1.58. The second-order valence-electron chi connectivity index (χ2n) is 2.71. The molecule has 0 aromatic carbocycles. The smallest absolute Gasteiger partial charge is 0.269 e. The van der Waals surface area contributed by atoms with E-state index in [1.165, 1.54) is 25.7 Å². The SMILES string of the molecule is CCCCC1=[C]([Ti])CC=C1.F.F.F. The van der Waals surface area contributed by atoms with Gasteiger partial charge in [0.2, 0.25) is 0 Å². The molecule has 0 radical (unpaired) electrons. The Bertz CT molecular complexity index is 176. The molecule has 0 heterocycles. The van der Waals surface area contributed by atoms with Crippen molar-refractivity contribution in [3.05, 3.63) is 21.6 Å². The van der Waals surface area contributed by atoms with Crippen LogP contribution in [0.2, 0.25) is 0 Å². The van der Waals surface area contributed by atoms with Crippen LogP contribution in [0, 0.1) is 0 Å². The summed E-state index contributed by atoms with van der Waals surface area (Å²) in [5, 5.41) is 0. The van der Waals surface area contributed by atoms with Gasteiger partial charge in [0, 0.05) is 0 Å². The fourth-order valence-electron chi connectivity index (χ4n) is 1.15. The van der Waals surface area contributed by atoms with Crippen molar-refractivity contribution in [2.45, 2.75) is 32.6 Å². The van der Waals surface area contributed by atoms with E-state index in [1.807, 2.05) is 0 Å². The fraction of sp³-hybridized carbons (Fsp3) is 0.556. The predicted molar refractivity (Wildman–Crippen MR) is 47.8 cm³/mol. The molecule has 0 saturated carbocycles. The zero-order chi connectivity index (χ0) is 7.40. The number of allylic oxidation sites excluding steroid dienone is 4. The van der Waals surface area contributed by atoms with Gasteiger partial charge in [0.25, 0.3) is 0 Å². The summed E-state index contributed by atoms with van der Waals surface area (Å²) in [6, 6.07) is 0. The molecule has 0 saturated heterocycles. The van der Waals surface area contributed by atoms with Gasteiger partial charge in [-0.25, -0.2) is 0 Å². The van der Waals surface area contributed by atoms with E-state index in [9.17, 15) is 0 Å². The molecule has 0 spiro atoms. The van der Waals surface area contributed by atoms with E-state index in [0.717, 1.165) is 0 Å². The van der Waals surface area contributed by atoms with Crippen molar-refractivity contribution < 1.29 is 34.5 Å². The first-order valence-corrected chi connectivity index (χ1v) is 4.73. The maximum atomic E-state index is 2.28. The van der Waals surface area contributed by atoms with Crippen molar-refractivity contribution in [3.63, 3.8) is 0 Å². The minimum atomic E-state index is 0. The molecule has 0 amide bonds. The van der Waals surface area contributed by atoms with Crippen LogP contribution < -0.4 is 0 Å². The van der Waals surface area contributed by atoms with Crippen LogP contribution >= 0.6 is 0 Å². The monoisotopic (exact) mass is 229 g/mol. The van der Waals surface area contributed by atoms with Gasteiger partial charge in [-0.05, 0) is 0 Å². The number of hydrogen-bond donors (Lipinski definition) is 0. The summed E-state index contributed by atoms with van der Waals surface area (Å²) >= 11 is 2.24. The number of halogens is 3. The molecule has 0 aromatic heterocycles. The van der Waals surface area contributed by atoms with Crippen LogP contribution in [0.5, 0.6) is 0 Å². The van der Waals surface area contributed by atoms with Gasteiger partial charge in [0.15, 0.2) is 0 Å². The quantitative estimate of drug-likeness (QED) is 0.650. The van der Waals surface area contributed by atoms with E-state index in [-0.39, 0.29) is 14.1 Å². The third-order valence-corrected chi connectivity index (χ3v) is 2.65. The van der Waals surface area contributed by atoms with Crippen molar-refractivity contribution >= 4 is 0 Å². The van der Waals surface area contributed by atoms with Crippen LogP contribution in [-0.4, -0.2) is 0 Å². The van der Waals surface area contributed by atoms with Crippen LogP contribution in [0.25, 0.3) is 0 Å². The molecule has 0 N–H and O–H groups in total. The minimum absolute atomic E-state index is 0. The van der Waals surface area contributed by atoms with Crippen molar-refractivity contribution in [1.29, 1.82) is 0 Å². The fourth-order valence-corrected chi connectivity index (χ4v) is 1.66. The number of hydrogen-bond acceptors (Lipinski definition) is 0. The van der Waals surface area contributed by atoms with Crippen LogP contribution in [0.3, 0.4) is 0 Å². The molecule has 0 fully saturated rings. The first-order chi connectivity index (χ1) is 4.84. The van der Waals surface area contributed by atoms with Gasteiger partial charge in [-0.15, -0.1) is 0 Å². The Morgan fingerprint density at radius 1 is 1.31 bits per heavy atom. The molecule has 1 aliphatic carbocycles. The summed E-state index contributed by atoms with van der Waals surface area (Å²) in [5.41, 5.74) is 1.59. The predicted octanol–water partition coefficient (Wildman–Crippen LogP) is 3.39. The van der Waals surface area contributed by atoms with Gasteiger partial charge in [-0.2, -0.15) is 0 Å². The summed E-state index contributed by atoms with van der Waals surface area (Å²) in [6.07, 6.45) is 9.69. The Labute approximate surface area is 89.0 Å². The van der Waals surface area contributed by atoms with E-state index >= 15 is 0 Å². The van der Waals surface area contributed by atoms with Gasteiger partial charge < -0.3 is 0 Å². The van der Waals surface area contributed by atoms with Crippen molar-refractivity contribution in [3.8, 4) is 0 Å². The maximum Gasteiger partial charge on any atom is -0.269 e. The summed E-state index contributed by atoms with van der Waals surface area (Å²) in [5.74, 6) is 0. The topological polar surface area (TPSA) is 0 Å². The Morgan fingerprint density at radius 3 is 2.31 bits per heavy atom. The Morgan fingerprint density at radius 2 is 1.92 bits per heavy atom. The average molecular weight is 229 g/mol. The molecule has 13 heavy (non-hydrogen) atoms. The first kappa shape index (κ1) is 18.7. The molecule has 0 unspecified atom stereocenters. The van der Waals surface area contributed by atoms with Crippen molar-refractivity contribution in [2.24, 2.45) is 0 Å². The molecule has 1 aliphatic rings. The molecule has 0 atom stereocenters. The molecule has 0 bridgehead atoms. The van der Waals surface area contributed by atoms with E-state index in [1.54, 1.807) is 9.45 Å². The Hall–Kier alpha value is -0.0157. The molecular weight excluding hydrogens is 213 g/mol. The van der Waals surface area contributed by atoms with Crippen LogP contribution in [0.1, 0.15) is 32.6 Å². The molecule has 1 rings (SSSR count). The standard InChI is InChI=1S/C9H13.3FH.Ti/c1-2-3-6-9-7-4-5-8-9;;;;/h4,7H,2-3,5-6H2,1H3;3*1H;. The van der Waals surface area contributed by atoms with Gasteiger partial charge in [-0.1, -0.05) is 0 Å². The van der Waals surface area contributed by atoms with Crippen molar-refractivity contribution in [1.82, 2.24) is 0 Å². The number of unbranched alkanes of at least 4 members (excludes halogenated alkanes) is 1. The summed E-state index contributed by atoms with van der Waals surface area (Å²) in [7, 11) is 0. The zero-order valence-electron chi connectivity index (χ0n) is 7.71. The minimum Gasteiger partial charge on any atom is -0.269 e. The molecular formula is C9H16F3Ti. The van der Waals surface area contributed by atoms with E-state index < -0.39 is 0 Å². The van der Waals surface area contributed by atoms with E-state index in [0.29, 0.717) is 0 Å². The average Bonchev–Trinajstić information content (AvgIpc) is 2.31. The Kier molecular flexibility index (Phi) is 14.5. The third kappa shape index (κ3) is 6.11. The second kappa shape index (κ2) is 10.1. The van der Waals surface area contributed by atoms with Crippen molar-refractivity contribution in [2.75, 3.05) is 0 Å². The Balaban J connectivity index is -0.000000333. The van der Waals surface area contributed by atoms with Crippen LogP contribution in [0.15, 0.2) is 21.6 Å². The maximum absolute atomic E-state index is 2.28. The molecule has 0 nitrogen and oxygen atoms in total. The first-order valence-electron chi connectivity index (χ1n) is 3.94. The van der Waals surface area contributed by atoms with Gasteiger partial charge in [0.1, 0.15) is 0 Å². The second-order valence-corrected chi connectivity index (χ2v) is 3.66. The normalized spacial score (nSPS) is 12.9. The summed E-state index contributed by atoms with van der Waals surface area (Å²) in [4.78, 5) is 0. The molecule has 0 aromatic rings. The molecule has 4 heteroatoms. The van der Waals surface area contributed by atoms with Crippen LogP contribution in [0.4, 0.5) is 14.1 Å². The summed E-state index contributed by atoms with van der Waals surface area (Å²) in [6.45, 7) is 2.24. The zero-order valence-corrected chi connectivity index (χ0v) is 9.27. The van der Waals surface area contributed by atoms with Gasteiger partial charge in [0.05, 0.1) is 0 Å². The largest absolute Gasteiger partial charge is 0.269 e. The third-order valence-electron chi connectivity index (χ3n) is 1.83. The number of rotatable bonds is 3. The van der Waals surface area contributed by atoms with Crippen LogP contribution in [-0.2, 0) is 20.4 Å². The van der Waals surface area contributed by atoms with Gasteiger partial charge >= 0.3 is 74.6 Å². The molecule has 77 valence electrons. The van der Waals surface area contributed by atoms with E-state index in [4.69, 9.17) is 0 Å². The van der Waals surface area contributed by atoms with E-state index in [2.05, 4.69) is 39.5 Å². The van der Waals surface area contributed by atoms with Gasteiger partial charge in [-0.3, -0.25) is 14.1 Å².